The monoisotopic (exact) mass is 664 g/mol. The Labute approximate surface area is 271 Å². The van der Waals surface area contributed by atoms with Crippen molar-refractivity contribution in [1.29, 1.82) is 0 Å². The summed E-state index contributed by atoms with van der Waals surface area (Å²) in [6.07, 6.45) is 4.43. The van der Waals surface area contributed by atoms with Gasteiger partial charge in [-0.25, -0.2) is 8.42 Å². The first-order chi connectivity index (χ1) is 20.1. The molecule has 1 N–H and O–H groups in total. The van der Waals surface area contributed by atoms with Crippen molar-refractivity contribution >= 4 is 51.4 Å². The number of hydrogen-bond acceptors (Lipinski definition) is 5. The quantitative estimate of drug-likeness (QED) is 0.276. The molecule has 3 aromatic carbocycles. The third kappa shape index (κ3) is 8.13. The topological polar surface area (TPSA) is 77.9 Å². The number of piperidine rings is 2. The lowest BCUT2D eigenvalue weighted by Gasteiger charge is -2.44. The molecule has 1 unspecified atom stereocenters. The SMILES string of the molecule is Cl.O=C(c1ccccc1)N1CCCC(CCCN2CCC(O)(CS(=O)(=O)c3ccccc3)CC2)(c2ccc(Cl)c(Cl)c2)C1. The van der Waals surface area contributed by atoms with Crippen LogP contribution in [0.5, 0.6) is 0 Å². The Hall–Kier alpha value is -2.13. The van der Waals surface area contributed by atoms with Crippen LogP contribution in [0.25, 0.3) is 0 Å². The number of amides is 1. The summed E-state index contributed by atoms with van der Waals surface area (Å²) >= 11 is 12.7. The molecule has 0 aliphatic carbocycles. The van der Waals surface area contributed by atoms with Gasteiger partial charge in [-0.2, -0.15) is 0 Å². The van der Waals surface area contributed by atoms with E-state index in [2.05, 4.69) is 4.90 Å². The predicted molar refractivity (Wildman–Crippen MR) is 175 cm³/mol. The van der Waals surface area contributed by atoms with Gasteiger partial charge in [0.05, 0.1) is 26.3 Å². The van der Waals surface area contributed by atoms with E-state index in [0.717, 1.165) is 37.8 Å². The number of carbonyl (C=O) groups is 1. The Balaban J connectivity index is 0.00000423. The minimum absolute atomic E-state index is 0. The van der Waals surface area contributed by atoms with Crippen LogP contribution < -0.4 is 0 Å². The fraction of sp³-hybridized carbons (Fsp3) is 0.424. The number of aliphatic hydroxyl groups is 1. The third-order valence-electron chi connectivity index (χ3n) is 8.89. The molecule has 0 spiro atoms. The van der Waals surface area contributed by atoms with Gasteiger partial charge in [0.2, 0.25) is 0 Å². The molecule has 2 fully saturated rings. The highest BCUT2D eigenvalue weighted by molar-refractivity contribution is 7.91. The van der Waals surface area contributed by atoms with Gasteiger partial charge in [-0.3, -0.25) is 4.79 Å². The number of hydrogen-bond donors (Lipinski definition) is 1. The maximum Gasteiger partial charge on any atom is 0.253 e. The number of likely N-dealkylation sites (tertiary alicyclic amines) is 2. The zero-order chi connectivity index (χ0) is 29.8. The van der Waals surface area contributed by atoms with E-state index in [-0.39, 0.29) is 34.4 Å². The standard InChI is InChI=1S/C33H38Cl2N2O4S.ClH/c34-29-14-13-27(23-30(29)35)32(16-8-20-37(24-32)31(38)26-9-3-1-4-10-26)15-7-19-36-21-17-33(39,18-22-36)25-42(40,41)28-11-5-2-6-12-28;/h1-6,9-14,23,39H,7-8,15-22,24-25H2;1H. The highest BCUT2D eigenvalue weighted by Crippen LogP contribution is 2.41. The molecule has 5 rings (SSSR count). The zero-order valence-electron chi connectivity index (χ0n) is 24.1. The molecule has 10 heteroatoms. The predicted octanol–water partition coefficient (Wildman–Crippen LogP) is 6.67. The van der Waals surface area contributed by atoms with Gasteiger partial charge in [0.25, 0.3) is 5.91 Å². The molecule has 3 aromatic rings. The van der Waals surface area contributed by atoms with Crippen LogP contribution in [0.4, 0.5) is 0 Å². The highest BCUT2D eigenvalue weighted by atomic mass is 35.5. The summed E-state index contributed by atoms with van der Waals surface area (Å²) in [5.74, 6) is -0.218. The summed E-state index contributed by atoms with van der Waals surface area (Å²) in [6.45, 7) is 3.43. The second-order valence-corrected chi connectivity index (χ2v) is 14.7. The Kier molecular flexibility index (Phi) is 11.2. The molecule has 0 saturated carbocycles. The summed E-state index contributed by atoms with van der Waals surface area (Å²) in [7, 11) is -3.57. The first kappa shape index (κ1) is 33.8. The van der Waals surface area contributed by atoms with Crippen LogP contribution in [0.15, 0.2) is 83.8 Å². The molecule has 232 valence electrons. The van der Waals surface area contributed by atoms with Crippen molar-refractivity contribution in [3.05, 3.63) is 100 Å². The van der Waals surface area contributed by atoms with Crippen molar-refractivity contribution in [2.45, 2.75) is 54.4 Å². The second-order valence-electron chi connectivity index (χ2n) is 11.8. The number of sulfone groups is 1. The fourth-order valence-electron chi connectivity index (χ4n) is 6.52. The maximum atomic E-state index is 13.4. The normalized spacial score (nSPS) is 20.8. The molecule has 6 nitrogen and oxygen atoms in total. The van der Waals surface area contributed by atoms with E-state index in [9.17, 15) is 18.3 Å². The lowest BCUT2D eigenvalue weighted by molar-refractivity contribution is -0.00334. The molecule has 1 atom stereocenters. The average molecular weight is 666 g/mol. The Morgan fingerprint density at radius 2 is 1.51 bits per heavy atom. The largest absolute Gasteiger partial charge is 0.389 e. The van der Waals surface area contributed by atoms with Gasteiger partial charge in [-0.15, -0.1) is 12.4 Å². The Bertz CT molecular complexity index is 1480. The van der Waals surface area contributed by atoms with Crippen molar-refractivity contribution in [3.63, 3.8) is 0 Å². The van der Waals surface area contributed by atoms with Gasteiger partial charge in [-0.05, 0) is 87.0 Å². The number of halogens is 3. The summed E-state index contributed by atoms with van der Waals surface area (Å²) in [4.78, 5) is 17.9. The van der Waals surface area contributed by atoms with E-state index < -0.39 is 15.4 Å². The van der Waals surface area contributed by atoms with Crippen LogP contribution >= 0.6 is 35.6 Å². The fourth-order valence-corrected chi connectivity index (χ4v) is 8.55. The third-order valence-corrected chi connectivity index (χ3v) is 11.5. The molecule has 2 aliphatic heterocycles. The molecule has 0 radical (unpaired) electrons. The molecule has 0 bridgehead atoms. The van der Waals surface area contributed by atoms with E-state index in [1.165, 1.54) is 0 Å². The summed E-state index contributed by atoms with van der Waals surface area (Å²) in [6, 6.07) is 23.6. The van der Waals surface area contributed by atoms with E-state index in [4.69, 9.17) is 23.2 Å². The molecule has 43 heavy (non-hydrogen) atoms. The van der Waals surface area contributed by atoms with E-state index in [1.54, 1.807) is 30.3 Å². The van der Waals surface area contributed by atoms with Crippen molar-refractivity contribution in [2.75, 3.05) is 38.5 Å². The molecule has 2 saturated heterocycles. The number of benzene rings is 3. The molecule has 0 aromatic heterocycles. The van der Waals surface area contributed by atoms with Crippen LogP contribution in [0.1, 0.15) is 54.4 Å². The van der Waals surface area contributed by atoms with Crippen molar-refractivity contribution in [2.24, 2.45) is 0 Å². The summed E-state index contributed by atoms with van der Waals surface area (Å²) < 4.78 is 25.8. The maximum absolute atomic E-state index is 13.4. The Morgan fingerprint density at radius 3 is 2.16 bits per heavy atom. The van der Waals surface area contributed by atoms with Crippen LogP contribution in [0.2, 0.25) is 10.0 Å². The van der Waals surface area contributed by atoms with Gasteiger partial charge in [0.15, 0.2) is 9.84 Å². The first-order valence-electron chi connectivity index (χ1n) is 14.6. The number of rotatable bonds is 9. The van der Waals surface area contributed by atoms with Crippen LogP contribution in [-0.4, -0.2) is 73.3 Å². The van der Waals surface area contributed by atoms with E-state index in [0.29, 0.717) is 54.6 Å². The molecule has 2 aliphatic rings. The molecule has 2 heterocycles. The molecule has 1 amide bonds. The van der Waals surface area contributed by atoms with Crippen molar-refractivity contribution in [1.82, 2.24) is 9.80 Å². The highest BCUT2D eigenvalue weighted by Gasteiger charge is 2.40. The lowest BCUT2D eigenvalue weighted by atomic mass is 9.71. The molecular weight excluding hydrogens is 627 g/mol. The summed E-state index contributed by atoms with van der Waals surface area (Å²) in [5.41, 5.74) is 0.310. The van der Waals surface area contributed by atoms with Gasteiger partial charge in [0, 0.05) is 37.2 Å². The van der Waals surface area contributed by atoms with E-state index >= 15 is 0 Å². The van der Waals surface area contributed by atoms with Crippen molar-refractivity contribution < 1.29 is 18.3 Å². The molecular formula is C33H39Cl3N2O4S. The zero-order valence-corrected chi connectivity index (χ0v) is 27.3. The first-order valence-corrected chi connectivity index (χ1v) is 17.0. The average Bonchev–Trinajstić information content (AvgIpc) is 3.00. The number of nitrogens with zero attached hydrogens (tertiary/aromatic N) is 2. The van der Waals surface area contributed by atoms with Crippen LogP contribution in [-0.2, 0) is 15.3 Å². The Morgan fingerprint density at radius 1 is 0.860 bits per heavy atom. The smallest absolute Gasteiger partial charge is 0.253 e. The number of carbonyl (C=O) groups excluding carboxylic acids is 1. The van der Waals surface area contributed by atoms with Gasteiger partial charge in [-0.1, -0.05) is 65.7 Å². The van der Waals surface area contributed by atoms with Crippen LogP contribution in [0, 0.1) is 0 Å². The van der Waals surface area contributed by atoms with Gasteiger partial charge in [0.1, 0.15) is 0 Å². The van der Waals surface area contributed by atoms with Crippen molar-refractivity contribution in [3.8, 4) is 0 Å². The van der Waals surface area contributed by atoms with Crippen LogP contribution in [0.3, 0.4) is 0 Å². The minimum Gasteiger partial charge on any atom is -0.389 e. The van der Waals surface area contributed by atoms with E-state index in [1.807, 2.05) is 53.4 Å². The summed E-state index contributed by atoms with van der Waals surface area (Å²) in [5, 5.41) is 12.2. The lowest BCUT2D eigenvalue weighted by Crippen LogP contribution is -2.50. The minimum atomic E-state index is -3.57. The second kappa shape index (κ2) is 14.3. The van der Waals surface area contributed by atoms with Gasteiger partial charge < -0.3 is 14.9 Å². The van der Waals surface area contributed by atoms with Gasteiger partial charge >= 0.3 is 0 Å².